The summed E-state index contributed by atoms with van der Waals surface area (Å²) < 4.78 is 0.730. The predicted octanol–water partition coefficient (Wildman–Crippen LogP) is 4.85. The number of hydrogen-bond donors (Lipinski definition) is 2. The van der Waals surface area contributed by atoms with Gasteiger partial charge in [-0.3, -0.25) is 4.79 Å². The highest BCUT2D eigenvalue weighted by molar-refractivity contribution is 14.1. The van der Waals surface area contributed by atoms with E-state index >= 15 is 0 Å². The lowest BCUT2D eigenvalue weighted by atomic mass is 10.2. The van der Waals surface area contributed by atoms with E-state index in [0.29, 0.717) is 15.1 Å². The number of nitrogens with zero attached hydrogens (tertiary/aromatic N) is 1. The molecule has 4 nitrogen and oxygen atoms in total. The summed E-state index contributed by atoms with van der Waals surface area (Å²) in [5.41, 5.74) is 2.55. The predicted molar refractivity (Wildman–Crippen MR) is 108 cm³/mol. The molecular weight excluding hydrogens is 459 g/mol. The fourth-order valence-corrected chi connectivity index (χ4v) is 3.60. The third-order valence-corrected chi connectivity index (χ3v) is 5.32. The van der Waals surface area contributed by atoms with Crippen molar-refractivity contribution in [3.63, 3.8) is 0 Å². The minimum absolute atomic E-state index is 0.193. The molecule has 1 aliphatic rings. The molecular formula is C17H12ClIN2O2S. The molecule has 3 rings (SSSR count). The summed E-state index contributed by atoms with van der Waals surface area (Å²) in [7, 11) is 0. The van der Waals surface area contributed by atoms with Gasteiger partial charge in [-0.1, -0.05) is 23.7 Å². The lowest BCUT2D eigenvalue weighted by molar-refractivity contribution is -0.115. The van der Waals surface area contributed by atoms with E-state index in [-0.39, 0.29) is 11.7 Å². The fraction of sp³-hybridized carbons (Fsp3) is 0.0588. The highest BCUT2D eigenvalue weighted by atomic mass is 127. The van der Waals surface area contributed by atoms with E-state index in [1.165, 1.54) is 11.8 Å². The Bertz CT molecular complexity index is 896. The highest BCUT2D eigenvalue weighted by Gasteiger charge is 2.24. The number of thioether (sulfide) groups is 1. The standard InChI is InChI=1S/C17H12ClIN2O2S/c1-9-2-4-11(18)8-13(9)20-17-21-16(23)15(24-17)7-10-3-5-14(22)12(19)6-10/h2-8,22H,1H3,(H,20,21,23)/b15-7-. The zero-order valence-corrected chi connectivity index (χ0v) is 16.2. The molecule has 0 saturated carbocycles. The number of phenols is 1. The molecule has 0 aliphatic carbocycles. The molecule has 0 radical (unpaired) electrons. The van der Waals surface area contributed by atoms with Gasteiger partial charge < -0.3 is 10.4 Å². The van der Waals surface area contributed by atoms with Gasteiger partial charge in [0.15, 0.2) is 5.17 Å². The van der Waals surface area contributed by atoms with Gasteiger partial charge in [0.25, 0.3) is 5.91 Å². The van der Waals surface area contributed by atoms with Crippen LogP contribution in [0.3, 0.4) is 0 Å². The van der Waals surface area contributed by atoms with Crippen LogP contribution in [0.2, 0.25) is 5.02 Å². The number of hydrogen-bond acceptors (Lipinski definition) is 4. The van der Waals surface area contributed by atoms with Crippen molar-refractivity contribution in [1.29, 1.82) is 0 Å². The maximum absolute atomic E-state index is 12.1. The molecule has 0 spiro atoms. The lowest BCUT2D eigenvalue weighted by Crippen LogP contribution is -2.19. The molecule has 7 heteroatoms. The third-order valence-electron chi connectivity index (χ3n) is 3.31. The van der Waals surface area contributed by atoms with Crippen LogP contribution in [0.5, 0.6) is 5.75 Å². The summed E-state index contributed by atoms with van der Waals surface area (Å²) in [4.78, 5) is 17.1. The summed E-state index contributed by atoms with van der Waals surface area (Å²) in [6.45, 7) is 1.94. The first-order valence-corrected chi connectivity index (χ1v) is 9.24. The molecule has 1 saturated heterocycles. The molecule has 122 valence electrons. The Morgan fingerprint density at radius 1 is 1.29 bits per heavy atom. The van der Waals surface area contributed by atoms with Crippen molar-refractivity contribution in [2.75, 3.05) is 0 Å². The zero-order valence-electron chi connectivity index (χ0n) is 12.5. The Hall–Kier alpha value is -1.51. The first kappa shape index (κ1) is 17.3. The lowest BCUT2D eigenvalue weighted by Gasteiger charge is -2.01. The van der Waals surface area contributed by atoms with Crippen LogP contribution in [0.4, 0.5) is 5.69 Å². The maximum atomic E-state index is 12.1. The van der Waals surface area contributed by atoms with Crippen LogP contribution in [-0.2, 0) is 4.79 Å². The quantitative estimate of drug-likeness (QED) is 0.487. The molecule has 1 aliphatic heterocycles. The van der Waals surface area contributed by atoms with Gasteiger partial charge in [-0.05, 0) is 82.7 Å². The van der Waals surface area contributed by atoms with Crippen molar-refractivity contribution >= 4 is 68.8 Å². The average Bonchev–Trinajstić information content (AvgIpc) is 2.86. The second-order valence-electron chi connectivity index (χ2n) is 5.12. The number of aromatic hydroxyl groups is 1. The van der Waals surface area contributed by atoms with Crippen LogP contribution in [0.25, 0.3) is 6.08 Å². The van der Waals surface area contributed by atoms with Gasteiger partial charge in [0, 0.05) is 5.02 Å². The van der Waals surface area contributed by atoms with Crippen molar-refractivity contribution in [2.24, 2.45) is 4.99 Å². The second kappa shape index (κ2) is 7.16. The number of aliphatic imine (C=N–C) groups is 1. The largest absolute Gasteiger partial charge is 0.507 e. The molecule has 1 amide bonds. The minimum atomic E-state index is -0.193. The summed E-state index contributed by atoms with van der Waals surface area (Å²) >= 11 is 9.32. The van der Waals surface area contributed by atoms with E-state index in [0.717, 1.165) is 20.4 Å². The van der Waals surface area contributed by atoms with Gasteiger partial charge in [-0.15, -0.1) is 0 Å². The minimum Gasteiger partial charge on any atom is -0.507 e. The molecule has 0 atom stereocenters. The van der Waals surface area contributed by atoms with Crippen molar-refractivity contribution in [3.05, 3.63) is 61.0 Å². The van der Waals surface area contributed by atoms with E-state index < -0.39 is 0 Å². The Morgan fingerprint density at radius 2 is 2.08 bits per heavy atom. The smallest absolute Gasteiger partial charge is 0.264 e. The zero-order chi connectivity index (χ0) is 17.3. The summed E-state index contributed by atoms with van der Waals surface area (Å²) in [6.07, 6.45) is 1.77. The van der Waals surface area contributed by atoms with Crippen molar-refractivity contribution < 1.29 is 9.90 Å². The Kier molecular flexibility index (Phi) is 5.17. The number of rotatable bonds is 2. The van der Waals surface area contributed by atoms with Crippen molar-refractivity contribution in [2.45, 2.75) is 6.92 Å². The average molecular weight is 471 g/mol. The van der Waals surface area contributed by atoms with Crippen LogP contribution >= 0.6 is 46.0 Å². The number of nitrogens with one attached hydrogen (secondary N) is 1. The van der Waals surface area contributed by atoms with Crippen LogP contribution in [0.1, 0.15) is 11.1 Å². The highest BCUT2D eigenvalue weighted by Crippen LogP contribution is 2.31. The Morgan fingerprint density at radius 3 is 2.83 bits per heavy atom. The number of benzene rings is 2. The van der Waals surface area contributed by atoms with Gasteiger partial charge in [-0.25, -0.2) is 4.99 Å². The molecule has 2 N–H and O–H groups in total. The first-order valence-electron chi connectivity index (χ1n) is 6.96. The fourth-order valence-electron chi connectivity index (χ4n) is 2.06. The van der Waals surface area contributed by atoms with Crippen molar-refractivity contribution in [3.8, 4) is 5.75 Å². The molecule has 0 bridgehead atoms. The summed E-state index contributed by atoms with van der Waals surface area (Å²) in [6, 6.07) is 10.6. The number of halogens is 2. The maximum Gasteiger partial charge on any atom is 0.264 e. The molecule has 1 heterocycles. The Labute approximate surface area is 162 Å². The molecule has 2 aromatic rings. The van der Waals surface area contributed by atoms with Gasteiger partial charge in [0.1, 0.15) is 5.75 Å². The second-order valence-corrected chi connectivity index (χ2v) is 7.75. The number of phenolic OH excluding ortho intramolecular Hbond substituents is 1. The van der Waals surface area contributed by atoms with E-state index in [1.807, 2.05) is 41.6 Å². The van der Waals surface area contributed by atoms with Gasteiger partial charge >= 0.3 is 0 Å². The monoisotopic (exact) mass is 470 g/mol. The number of aryl methyl sites for hydroxylation is 1. The number of carbonyl (C=O) groups is 1. The molecule has 24 heavy (non-hydrogen) atoms. The van der Waals surface area contributed by atoms with Gasteiger partial charge in [-0.2, -0.15) is 0 Å². The van der Waals surface area contributed by atoms with Gasteiger partial charge in [0.2, 0.25) is 0 Å². The van der Waals surface area contributed by atoms with E-state index in [2.05, 4.69) is 10.3 Å². The van der Waals surface area contributed by atoms with Crippen LogP contribution in [0.15, 0.2) is 46.3 Å². The molecule has 0 unspecified atom stereocenters. The van der Waals surface area contributed by atoms with Crippen LogP contribution < -0.4 is 5.32 Å². The normalized spacial score (nSPS) is 17.5. The summed E-state index contributed by atoms with van der Waals surface area (Å²) in [5, 5.41) is 13.4. The number of amides is 1. The van der Waals surface area contributed by atoms with E-state index in [9.17, 15) is 9.90 Å². The van der Waals surface area contributed by atoms with E-state index in [1.54, 1.807) is 30.3 Å². The third kappa shape index (κ3) is 3.93. The van der Waals surface area contributed by atoms with Crippen molar-refractivity contribution in [1.82, 2.24) is 5.32 Å². The Balaban J connectivity index is 1.87. The molecule has 1 fully saturated rings. The number of carbonyl (C=O) groups excluding carboxylic acids is 1. The van der Waals surface area contributed by atoms with Gasteiger partial charge in [0.05, 0.1) is 14.2 Å². The topological polar surface area (TPSA) is 61.7 Å². The molecule has 2 aromatic carbocycles. The van der Waals surface area contributed by atoms with Crippen LogP contribution in [0, 0.1) is 10.5 Å². The SMILES string of the molecule is Cc1ccc(Cl)cc1N=C1NC(=O)/C(=C/c2ccc(O)c(I)c2)S1. The molecule has 0 aromatic heterocycles. The first-order chi connectivity index (χ1) is 11.4. The summed E-state index contributed by atoms with van der Waals surface area (Å²) in [5.74, 6) is 0.0291. The number of amidine groups is 1. The van der Waals surface area contributed by atoms with Crippen LogP contribution in [-0.4, -0.2) is 16.2 Å². The van der Waals surface area contributed by atoms with E-state index in [4.69, 9.17) is 11.6 Å².